The van der Waals surface area contributed by atoms with Gasteiger partial charge in [-0.3, -0.25) is 4.90 Å². The number of likely N-dealkylation sites (N-methyl/N-ethyl adjacent to an activating group) is 1. The van der Waals surface area contributed by atoms with E-state index in [2.05, 4.69) is 39.6 Å². The maximum atomic E-state index is 6.29. The fourth-order valence-corrected chi connectivity index (χ4v) is 2.69. The first-order valence-corrected chi connectivity index (χ1v) is 7.46. The molecule has 3 heteroatoms. The molecule has 2 atom stereocenters. The van der Waals surface area contributed by atoms with Crippen LogP contribution in [0.2, 0.25) is 0 Å². The maximum Gasteiger partial charge on any atom is 0.0992 e. The summed E-state index contributed by atoms with van der Waals surface area (Å²) in [5, 5.41) is 0. The molecule has 0 amide bonds. The normalized spacial score (nSPS) is 25.0. The van der Waals surface area contributed by atoms with Gasteiger partial charge in [0.2, 0.25) is 0 Å². The van der Waals surface area contributed by atoms with Gasteiger partial charge >= 0.3 is 0 Å². The van der Waals surface area contributed by atoms with Crippen LogP contribution in [0.25, 0.3) is 0 Å². The summed E-state index contributed by atoms with van der Waals surface area (Å²) in [5.41, 5.74) is -0.0308. The van der Waals surface area contributed by atoms with E-state index in [1.165, 1.54) is 12.8 Å². The molecule has 3 nitrogen and oxygen atoms in total. The van der Waals surface area contributed by atoms with Crippen molar-refractivity contribution in [3.63, 3.8) is 0 Å². The summed E-state index contributed by atoms with van der Waals surface area (Å²) in [6.07, 6.45) is 4.99. The fourth-order valence-electron chi connectivity index (χ4n) is 2.69. The number of unbranched alkanes of at least 4 members (excludes halogenated alkanes) is 1. The van der Waals surface area contributed by atoms with Crippen molar-refractivity contribution in [2.24, 2.45) is 0 Å². The number of hydrogen-bond acceptors (Lipinski definition) is 3. The molecule has 1 aliphatic rings. The Balaban J connectivity index is 2.48. The predicted molar refractivity (Wildman–Crippen MR) is 76.0 cm³/mol. The second-order valence-electron chi connectivity index (χ2n) is 6.10. The van der Waals surface area contributed by atoms with Crippen LogP contribution in [0.15, 0.2) is 0 Å². The van der Waals surface area contributed by atoms with Crippen molar-refractivity contribution in [1.29, 1.82) is 0 Å². The third-order valence-corrected chi connectivity index (χ3v) is 3.75. The van der Waals surface area contributed by atoms with Gasteiger partial charge < -0.3 is 9.47 Å². The topological polar surface area (TPSA) is 21.7 Å². The van der Waals surface area contributed by atoms with Gasteiger partial charge in [0.15, 0.2) is 0 Å². The highest BCUT2D eigenvalue weighted by Crippen LogP contribution is 2.24. The molecule has 0 radical (unpaired) electrons. The standard InChI is InChI=1S/C15H31NO2/c1-6-8-10-16(5)13-11-17-12-14(13)18-15(3,4)9-7-2/h13-14H,6-12H2,1-5H3. The molecule has 1 rings (SSSR count). The smallest absolute Gasteiger partial charge is 0.0992 e. The summed E-state index contributed by atoms with van der Waals surface area (Å²) < 4.78 is 11.9. The largest absolute Gasteiger partial charge is 0.377 e. The number of ether oxygens (including phenoxy) is 2. The van der Waals surface area contributed by atoms with Crippen molar-refractivity contribution in [1.82, 2.24) is 4.90 Å². The van der Waals surface area contributed by atoms with Crippen LogP contribution in [0, 0.1) is 0 Å². The summed E-state index contributed by atoms with van der Waals surface area (Å²) in [6.45, 7) is 11.5. The lowest BCUT2D eigenvalue weighted by Crippen LogP contribution is -2.45. The summed E-state index contributed by atoms with van der Waals surface area (Å²) in [7, 11) is 2.19. The van der Waals surface area contributed by atoms with Crippen LogP contribution in [-0.2, 0) is 9.47 Å². The Morgan fingerprint density at radius 3 is 2.56 bits per heavy atom. The van der Waals surface area contributed by atoms with E-state index in [1.807, 2.05) is 0 Å². The minimum absolute atomic E-state index is 0.0308. The molecule has 0 aliphatic carbocycles. The fraction of sp³-hybridized carbons (Fsp3) is 1.00. The first-order chi connectivity index (χ1) is 8.50. The molecule has 18 heavy (non-hydrogen) atoms. The second kappa shape index (κ2) is 7.46. The van der Waals surface area contributed by atoms with Crippen LogP contribution in [0.3, 0.4) is 0 Å². The van der Waals surface area contributed by atoms with Gasteiger partial charge in [0.25, 0.3) is 0 Å². The van der Waals surface area contributed by atoms with Gasteiger partial charge in [-0.15, -0.1) is 0 Å². The Bertz CT molecular complexity index is 231. The zero-order valence-corrected chi connectivity index (χ0v) is 12.9. The number of nitrogens with zero attached hydrogens (tertiary/aromatic N) is 1. The highest BCUT2D eigenvalue weighted by Gasteiger charge is 2.35. The molecule has 1 heterocycles. The number of hydrogen-bond donors (Lipinski definition) is 0. The third-order valence-electron chi connectivity index (χ3n) is 3.75. The molecular weight excluding hydrogens is 226 g/mol. The molecule has 0 N–H and O–H groups in total. The average molecular weight is 257 g/mol. The van der Waals surface area contributed by atoms with Crippen molar-refractivity contribution in [3.05, 3.63) is 0 Å². The van der Waals surface area contributed by atoms with Crippen LogP contribution >= 0.6 is 0 Å². The highest BCUT2D eigenvalue weighted by molar-refractivity contribution is 4.86. The Hall–Kier alpha value is -0.120. The van der Waals surface area contributed by atoms with Gasteiger partial charge in [-0.05, 0) is 40.3 Å². The van der Waals surface area contributed by atoms with E-state index in [-0.39, 0.29) is 11.7 Å². The van der Waals surface area contributed by atoms with E-state index in [9.17, 15) is 0 Å². The summed E-state index contributed by atoms with van der Waals surface area (Å²) >= 11 is 0. The lowest BCUT2D eigenvalue weighted by Gasteiger charge is -2.34. The molecule has 0 bridgehead atoms. The molecule has 0 aromatic rings. The summed E-state index contributed by atoms with van der Waals surface area (Å²) in [4.78, 5) is 2.41. The molecule has 0 saturated carbocycles. The highest BCUT2D eigenvalue weighted by atomic mass is 16.6. The molecule has 1 saturated heterocycles. The molecular formula is C15H31NO2. The lowest BCUT2D eigenvalue weighted by atomic mass is 10.0. The first kappa shape index (κ1) is 15.9. The van der Waals surface area contributed by atoms with E-state index in [0.717, 1.165) is 32.6 Å². The minimum Gasteiger partial charge on any atom is -0.377 e. The van der Waals surface area contributed by atoms with Gasteiger partial charge in [-0.1, -0.05) is 26.7 Å². The molecule has 108 valence electrons. The van der Waals surface area contributed by atoms with Crippen LogP contribution in [0.1, 0.15) is 53.4 Å². The van der Waals surface area contributed by atoms with Gasteiger partial charge in [0, 0.05) is 0 Å². The van der Waals surface area contributed by atoms with Crippen LogP contribution in [0.5, 0.6) is 0 Å². The Morgan fingerprint density at radius 2 is 1.94 bits per heavy atom. The van der Waals surface area contributed by atoms with Crippen LogP contribution in [-0.4, -0.2) is 49.5 Å². The average Bonchev–Trinajstić information content (AvgIpc) is 2.73. The van der Waals surface area contributed by atoms with Crippen LogP contribution < -0.4 is 0 Å². The Kier molecular flexibility index (Phi) is 6.61. The monoisotopic (exact) mass is 257 g/mol. The second-order valence-corrected chi connectivity index (χ2v) is 6.10. The zero-order chi connectivity index (χ0) is 13.6. The first-order valence-electron chi connectivity index (χ1n) is 7.46. The van der Waals surface area contributed by atoms with Gasteiger partial charge in [0.1, 0.15) is 0 Å². The van der Waals surface area contributed by atoms with Crippen molar-refractivity contribution < 1.29 is 9.47 Å². The van der Waals surface area contributed by atoms with Crippen molar-refractivity contribution in [2.75, 3.05) is 26.8 Å². The summed E-state index contributed by atoms with van der Waals surface area (Å²) in [6, 6.07) is 0.424. The summed E-state index contributed by atoms with van der Waals surface area (Å²) in [5.74, 6) is 0. The van der Waals surface area contributed by atoms with Crippen molar-refractivity contribution in [3.8, 4) is 0 Å². The van der Waals surface area contributed by atoms with E-state index in [0.29, 0.717) is 6.04 Å². The van der Waals surface area contributed by atoms with E-state index < -0.39 is 0 Å². The number of rotatable bonds is 8. The SMILES string of the molecule is CCCCN(C)C1COCC1OC(C)(C)CCC. The van der Waals surface area contributed by atoms with Crippen molar-refractivity contribution in [2.45, 2.75) is 71.1 Å². The minimum atomic E-state index is -0.0308. The van der Waals surface area contributed by atoms with E-state index in [1.54, 1.807) is 0 Å². The van der Waals surface area contributed by atoms with E-state index >= 15 is 0 Å². The lowest BCUT2D eigenvalue weighted by molar-refractivity contribution is -0.0942. The molecule has 1 fully saturated rings. The van der Waals surface area contributed by atoms with Crippen LogP contribution in [0.4, 0.5) is 0 Å². The molecule has 0 aromatic carbocycles. The Morgan fingerprint density at radius 1 is 1.22 bits per heavy atom. The molecule has 2 unspecified atom stereocenters. The quantitative estimate of drug-likeness (QED) is 0.667. The maximum absolute atomic E-state index is 6.29. The van der Waals surface area contributed by atoms with Gasteiger partial charge in [-0.2, -0.15) is 0 Å². The zero-order valence-electron chi connectivity index (χ0n) is 12.9. The van der Waals surface area contributed by atoms with Gasteiger partial charge in [0.05, 0.1) is 31.0 Å². The third kappa shape index (κ3) is 4.87. The molecule has 0 spiro atoms. The van der Waals surface area contributed by atoms with Crippen molar-refractivity contribution >= 4 is 0 Å². The van der Waals surface area contributed by atoms with Gasteiger partial charge in [-0.25, -0.2) is 0 Å². The Labute approximate surface area is 113 Å². The van der Waals surface area contributed by atoms with E-state index in [4.69, 9.17) is 9.47 Å². The molecule has 0 aromatic heterocycles. The predicted octanol–water partition coefficient (Wildman–Crippen LogP) is 3.08. The molecule has 1 aliphatic heterocycles.